The Morgan fingerprint density at radius 2 is 2.00 bits per heavy atom. The van der Waals surface area contributed by atoms with Crippen molar-refractivity contribution in [1.82, 2.24) is 0 Å². The van der Waals surface area contributed by atoms with Crippen molar-refractivity contribution in [3.05, 3.63) is 24.3 Å². The van der Waals surface area contributed by atoms with Gasteiger partial charge in [-0.05, 0) is 18.6 Å². The van der Waals surface area contributed by atoms with Crippen LogP contribution >= 0.6 is 0 Å². The summed E-state index contributed by atoms with van der Waals surface area (Å²) in [5.41, 5.74) is 0. The number of allylic oxidation sites excluding steroid dienone is 2. The zero-order chi connectivity index (χ0) is 6.74. The molecule has 0 unspecified atom stereocenters. The highest BCUT2D eigenvalue weighted by molar-refractivity contribution is 5.15. The Labute approximate surface area is 53.8 Å². The maximum Gasteiger partial charge on any atom is 0.247 e. The highest BCUT2D eigenvalue weighted by atomic mass is 19.2. The summed E-state index contributed by atoms with van der Waals surface area (Å²) in [6, 6.07) is 0. The first kappa shape index (κ1) is 6.49. The molecule has 0 saturated heterocycles. The van der Waals surface area contributed by atoms with Crippen molar-refractivity contribution in [3.63, 3.8) is 0 Å². The summed E-state index contributed by atoms with van der Waals surface area (Å²) >= 11 is 0. The van der Waals surface area contributed by atoms with Crippen LogP contribution in [0.25, 0.3) is 0 Å². The van der Waals surface area contributed by atoms with Gasteiger partial charge in [-0.3, -0.25) is 0 Å². The number of halogens is 1. The summed E-state index contributed by atoms with van der Waals surface area (Å²) in [5, 5.41) is 0. The number of rotatable bonds is 1. The van der Waals surface area contributed by atoms with Crippen LogP contribution in [-0.2, 0) is 4.74 Å². The maximum absolute atomic E-state index is 12.9. The number of methoxy groups -OCH3 is 1. The lowest BCUT2D eigenvalue weighted by molar-refractivity contribution is -0.0381. The van der Waals surface area contributed by atoms with Gasteiger partial charge in [0.1, 0.15) is 0 Å². The van der Waals surface area contributed by atoms with Gasteiger partial charge in [0.15, 0.2) is 0 Å². The van der Waals surface area contributed by atoms with Crippen molar-refractivity contribution < 1.29 is 9.13 Å². The zero-order valence-electron chi connectivity index (χ0n) is 5.30. The van der Waals surface area contributed by atoms with Gasteiger partial charge < -0.3 is 4.74 Å². The molecule has 0 aromatic heterocycles. The first-order valence-corrected chi connectivity index (χ1v) is 2.86. The lowest BCUT2D eigenvalue weighted by Crippen LogP contribution is -2.19. The largest absolute Gasteiger partial charge is 0.343 e. The quantitative estimate of drug-likeness (QED) is 0.489. The van der Waals surface area contributed by atoms with E-state index in [2.05, 4.69) is 4.74 Å². The Balaban J connectivity index is 2.67. The SMILES string of the molecule is COC1(F)C=CCC=C1. The molecule has 1 aliphatic rings. The molecule has 1 rings (SSSR count). The van der Waals surface area contributed by atoms with Gasteiger partial charge in [-0.2, -0.15) is 0 Å². The molecule has 0 N–H and O–H groups in total. The van der Waals surface area contributed by atoms with E-state index in [1.165, 1.54) is 19.3 Å². The summed E-state index contributed by atoms with van der Waals surface area (Å²) in [7, 11) is 1.35. The molecule has 0 heterocycles. The predicted octanol–water partition coefficient (Wildman–Crippen LogP) is 1.81. The Bertz CT molecular complexity index is 137. The third kappa shape index (κ3) is 1.39. The smallest absolute Gasteiger partial charge is 0.247 e. The van der Waals surface area contributed by atoms with Crippen LogP contribution in [0.1, 0.15) is 6.42 Å². The molecule has 1 nitrogen and oxygen atoms in total. The summed E-state index contributed by atoms with van der Waals surface area (Å²) in [6.07, 6.45) is 7.10. The van der Waals surface area contributed by atoms with Gasteiger partial charge in [0.05, 0.1) is 0 Å². The maximum atomic E-state index is 12.9. The summed E-state index contributed by atoms with van der Waals surface area (Å²) in [6.45, 7) is 0. The van der Waals surface area contributed by atoms with Gasteiger partial charge >= 0.3 is 0 Å². The molecule has 0 fully saturated rings. The van der Waals surface area contributed by atoms with Crippen LogP contribution < -0.4 is 0 Å². The Hall–Kier alpha value is -0.630. The molecular formula is C7H9FO. The molecule has 0 aromatic rings. The first-order valence-electron chi connectivity index (χ1n) is 2.86. The van der Waals surface area contributed by atoms with Crippen molar-refractivity contribution in [3.8, 4) is 0 Å². The van der Waals surface area contributed by atoms with E-state index < -0.39 is 5.85 Å². The van der Waals surface area contributed by atoms with E-state index in [4.69, 9.17) is 0 Å². The minimum atomic E-state index is -1.64. The molecule has 9 heavy (non-hydrogen) atoms. The molecule has 1 aliphatic carbocycles. The Kier molecular flexibility index (Phi) is 1.67. The highest BCUT2D eigenvalue weighted by Gasteiger charge is 2.21. The third-order valence-electron chi connectivity index (χ3n) is 1.28. The van der Waals surface area contributed by atoms with Gasteiger partial charge in [0, 0.05) is 7.11 Å². The predicted molar refractivity (Wildman–Crippen MR) is 33.7 cm³/mol. The van der Waals surface area contributed by atoms with E-state index in [0.29, 0.717) is 0 Å². The number of hydrogen-bond donors (Lipinski definition) is 0. The van der Waals surface area contributed by atoms with Crippen LogP contribution in [0.5, 0.6) is 0 Å². The molecule has 0 radical (unpaired) electrons. The lowest BCUT2D eigenvalue weighted by atomic mass is 10.1. The standard InChI is InChI=1S/C7H9FO/c1-9-7(8)5-3-2-4-6-7/h3-6H,2H2,1H3. The van der Waals surface area contributed by atoms with Crippen LogP contribution in [0.4, 0.5) is 4.39 Å². The van der Waals surface area contributed by atoms with Crippen molar-refractivity contribution in [1.29, 1.82) is 0 Å². The van der Waals surface area contributed by atoms with Crippen LogP contribution in [0.3, 0.4) is 0 Å². The average molecular weight is 128 g/mol. The summed E-state index contributed by atoms with van der Waals surface area (Å²) in [4.78, 5) is 0. The van der Waals surface area contributed by atoms with Crippen LogP contribution in [0.15, 0.2) is 24.3 Å². The molecule has 2 heteroatoms. The van der Waals surface area contributed by atoms with Gasteiger partial charge in [-0.15, -0.1) is 0 Å². The molecule has 0 aliphatic heterocycles. The molecule has 0 aromatic carbocycles. The number of alkyl halides is 1. The summed E-state index contributed by atoms with van der Waals surface area (Å²) in [5.74, 6) is -1.64. The van der Waals surface area contributed by atoms with E-state index >= 15 is 0 Å². The molecule has 0 spiro atoms. The molecule has 0 bridgehead atoms. The van der Waals surface area contributed by atoms with Crippen molar-refractivity contribution >= 4 is 0 Å². The second kappa shape index (κ2) is 2.31. The average Bonchev–Trinajstić information content (AvgIpc) is 1.90. The lowest BCUT2D eigenvalue weighted by Gasteiger charge is -2.16. The van der Waals surface area contributed by atoms with E-state index in [9.17, 15) is 4.39 Å². The van der Waals surface area contributed by atoms with Gasteiger partial charge in [-0.1, -0.05) is 12.2 Å². The second-order valence-corrected chi connectivity index (χ2v) is 1.94. The molecule has 0 atom stereocenters. The third-order valence-corrected chi connectivity index (χ3v) is 1.28. The van der Waals surface area contributed by atoms with Crippen LogP contribution in [0.2, 0.25) is 0 Å². The number of hydrogen-bond acceptors (Lipinski definition) is 1. The summed E-state index contributed by atoms with van der Waals surface area (Å²) < 4.78 is 17.4. The van der Waals surface area contributed by atoms with Crippen molar-refractivity contribution in [2.45, 2.75) is 12.3 Å². The van der Waals surface area contributed by atoms with E-state index in [-0.39, 0.29) is 0 Å². The number of ether oxygens (including phenoxy) is 1. The molecule has 0 amide bonds. The fraction of sp³-hybridized carbons (Fsp3) is 0.429. The molecule has 50 valence electrons. The first-order chi connectivity index (χ1) is 4.27. The van der Waals surface area contributed by atoms with Crippen molar-refractivity contribution in [2.24, 2.45) is 0 Å². The van der Waals surface area contributed by atoms with Crippen LogP contribution in [-0.4, -0.2) is 13.0 Å². The monoisotopic (exact) mass is 128 g/mol. The minimum Gasteiger partial charge on any atom is -0.343 e. The van der Waals surface area contributed by atoms with E-state index in [1.807, 2.05) is 0 Å². The fourth-order valence-electron chi connectivity index (χ4n) is 0.728. The minimum absolute atomic E-state index is 0.801. The normalized spacial score (nSPS) is 22.4. The van der Waals surface area contributed by atoms with Crippen molar-refractivity contribution in [2.75, 3.05) is 7.11 Å². The Morgan fingerprint density at radius 1 is 1.44 bits per heavy atom. The topological polar surface area (TPSA) is 9.23 Å². The van der Waals surface area contributed by atoms with Gasteiger partial charge in [0.25, 0.3) is 0 Å². The van der Waals surface area contributed by atoms with E-state index in [0.717, 1.165) is 6.42 Å². The molecule has 0 saturated carbocycles. The van der Waals surface area contributed by atoms with Crippen LogP contribution in [0, 0.1) is 0 Å². The van der Waals surface area contributed by atoms with E-state index in [1.54, 1.807) is 12.2 Å². The zero-order valence-corrected chi connectivity index (χ0v) is 5.30. The van der Waals surface area contributed by atoms with Gasteiger partial charge in [0.2, 0.25) is 5.85 Å². The van der Waals surface area contributed by atoms with Gasteiger partial charge in [-0.25, -0.2) is 4.39 Å². The highest BCUT2D eigenvalue weighted by Crippen LogP contribution is 2.19. The molecular weight excluding hydrogens is 119 g/mol. The fourth-order valence-corrected chi connectivity index (χ4v) is 0.728. The second-order valence-electron chi connectivity index (χ2n) is 1.94. The Morgan fingerprint density at radius 3 is 2.33 bits per heavy atom.